The Bertz CT molecular complexity index is 886. The molecule has 1 aromatic carbocycles. The lowest BCUT2D eigenvalue weighted by atomic mass is 9.98. The number of imide groups is 1. The number of hydrogen-bond donors (Lipinski definition) is 1. The van der Waals surface area contributed by atoms with Gasteiger partial charge >= 0.3 is 12.1 Å². The van der Waals surface area contributed by atoms with E-state index in [0.29, 0.717) is 18.3 Å². The molecule has 2 aliphatic carbocycles. The number of carbonyl (C=O) groups is 3. The van der Waals surface area contributed by atoms with Gasteiger partial charge < -0.3 is 9.84 Å². The van der Waals surface area contributed by atoms with Gasteiger partial charge in [0.1, 0.15) is 6.61 Å². The van der Waals surface area contributed by atoms with Crippen molar-refractivity contribution >= 4 is 18.0 Å². The fourth-order valence-electron chi connectivity index (χ4n) is 4.36. The quantitative estimate of drug-likeness (QED) is 0.397. The molecule has 6 heteroatoms. The highest BCUT2D eigenvalue weighted by Crippen LogP contribution is 2.37. The molecular formula is C29H41NO5. The number of allylic oxidation sites excluding steroid dienone is 2. The van der Waals surface area contributed by atoms with Gasteiger partial charge in [0.25, 0.3) is 0 Å². The summed E-state index contributed by atoms with van der Waals surface area (Å²) < 4.78 is 5.16. The van der Waals surface area contributed by atoms with Crippen LogP contribution in [0, 0.1) is 23.7 Å². The van der Waals surface area contributed by atoms with Gasteiger partial charge in [-0.25, -0.2) is 9.69 Å². The summed E-state index contributed by atoms with van der Waals surface area (Å²) in [6, 6.07) is 9.71. The van der Waals surface area contributed by atoms with Gasteiger partial charge in [-0.05, 0) is 50.5 Å². The molecule has 1 aliphatic heterocycles. The molecule has 35 heavy (non-hydrogen) atoms. The third-order valence-electron chi connectivity index (χ3n) is 6.56. The van der Waals surface area contributed by atoms with Crippen molar-refractivity contribution in [3.8, 4) is 0 Å². The first-order valence-electron chi connectivity index (χ1n) is 12.4. The smallest absolute Gasteiger partial charge is 0.417 e. The normalized spacial score (nSPS) is 21.1. The van der Waals surface area contributed by atoms with E-state index in [1.807, 2.05) is 62.4 Å². The standard InChI is InChI=1S/C19H23NO3.C9H14O2.CH4/c1-2-6-16(11-15-9-10-15)18(21)20-17(13-23-19(20)22)12-14-7-4-3-5-8-14;1-2-3-8(9(10)11)6-7-4-5-7;/h2-8,15-17H,9-13H2,1H3;2-3,7-8H,4-6H2,1H3,(H,10,11);1H4/b6-2+;3-2+;/t16-,17-;8-;/m00./s1. The molecule has 1 saturated heterocycles. The van der Waals surface area contributed by atoms with Crippen molar-refractivity contribution in [1.82, 2.24) is 4.90 Å². The fourth-order valence-corrected chi connectivity index (χ4v) is 4.36. The van der Waals surface area contributed by atoms with Crippen molar-refractivity contribution in [2.75, 3.05) is 6.61 Å². The molecule has 1 N–H and O–H groups in total. The number of amides is 2. The maximum Gasteiger partial charge on any atom is 0.417 e. The second-order valence-electron chi connectivity index (χ2n) is 9.59. The Kier molecular flexibility index (Phi) is 11.2. The molecule has 0 spiro atoms. The van der Waals surface area contributed by atoms with E-state index < -0.39 is 12.1 Å². The Morgan fingerprint density at radius 3 is 2.06 bits per heavy atom. The summed E-state index contributed by atoms with van der Waals surface area (Å²) in [6.07, 6.45) is 14.1. The highest BCUT2D eigenvalue weighted by Gasteiger charge is 2.41. The Morgan fingerprint density at radius 1 is 1.00 bits per heavy atom. The molecule has 4 rings (SSSR count). The maximum absolute atomic E-state index is 12.9. The molecule has 0 unspecified atom stereocenters. The lowest BCUT2D eigenvalue weighted by Gasteiger charge is -2.23. The molecule has 2 amide bonds. The second kappa shape index (κ2) is 13.9. The van der Waals surface area contributed by atoms with Crippen LogP contribution in [0.1, 0.15) is 65.4 Å². The van der Waals surface area contributed by atoms with Crippen LogP contribution in [0.2, 0.25) is 0 Å². The van der Waals surface area contributed by atoms with E-state index in [1.165, 1.54) is 30.6 Å². The molecule has 6 nitrogen and oxygen atoms in total. The topological polar surface area (TPSA) is 83.9 Å². The van der Waals surface area contributed by atoms with Gasteiger partial charge in [-0.15, -0.1) is 0 Å². The summed E-state index contributed by atoms with van der Waals surface area (Å²) in [7, 11) is 0. The van der Waals surface area contributed by atoms with Crippen LogP contribution in [0.5, 0.6) is 0 Å². The molecular weight excluding hydrogens is 442 g/mol. The largest absolute Gasteiger partial charge is 0.481 e. The van der Waals surface area contributed by atoms with Crippen molar-refractivity contribution in [3.63, 3.8) is 0 Å². The summed E-state index contributed by atoms with van der Waals surface area (Å²) in [6.45, 7) is 4.06. The van der Waals surface area contributed by atoms with Crippen LogP contribution in [-0.4, -0.2) is 40.6 Å². The average molecular weight is 484 g/mol. The van der Waals surface area contributed by atoms with Crippen molar-refractivity contribution in [1.29, 1.82) is 0 Å². The molecule has 1 heterocycles. The predicted molar refractivity (Wildman–Crippen MR) is 138 cm³/mol. The van der Waals surface area contributed by atoms with Gasteiger partial charge in [0, 0.05) is 0 Å². The zero-order valence-electron chi connectivity index (χ0n) is 20.3. The first-order valence-corrected chi connectivity index (χ1v) is 12.4. The van der Waals surface area contributed by atoms with Crippen LogP contribution in [0.3, 0.4) is 0 Å². The highest BCUT2D eigenvalue weighted by atomic mass is 16.6. The number of hydrogen-bond acceptors (Lipinski definition) is 4. The first kappa shape index (κ1) is 28.3. The lowest BCUT2D eigenvalue weighted by Crippen LogP contribution is -2.43. The minimum Gasteiger partial charge on any atom is -0.481 e. The Morgan fingerprint density at radius 2 is 1.54 bits per heavy atom. The van der Waals surface area contributed by atoms with Crippen LogP contribution in [-0.2, 0) is 20.7 Å². The van der Waals surface area contributed by atoms with Gasteiger partial charge in [0.15, 0.2) is 0 Å². The Labute approximate surface area is 210 Å². The summed E-state index contributed by atoms with van der Waals surface area (Å²) in [5, 5.41) is 8.73. The molecule has 0 aromatic heterocycles. The minimum atomic E-state index is -0.685. The van der Waals surface area contributed by atoms with E-state index in [2.05, 4.69) is 0 Å². The van der Waals surface area contributed by atoms with Crippen molar-refractivity contribution in [2.45, 2.75) is 72.3 Å². The number of nitrogens with zero attached hydrogens (tertiary/aromatic N) is 1. The molecule has 3 fully saturated rings. The Hall–Kier alpha value is -2.89. The number of ether oxygens (including phenoxy) is 1. The van der Waals surface area contributed by atoms with E-state index in [9.17, 15) is 14.4 Å². The number of cyclic esters (lactones) is 1. The molecule has 192 valence electrons. The lowest BCUT2D eigenvalue weighted by molar-refractivity contribution is -0.140. The molecule has 0 radical (unpaired) electrons. The summed E-state index contributed by atoms with van der Waals surface area (Å²) in [5.41, 5.74) is 1.11. The van der Waals surface area contributed by atoms with E-state index >= 15 is 0 Å². The monoisotopic (exact) mass is 483 g/mol. The van der Waals surface area contributed by atoms with Crippen LogP contribution in [0.4, 0.5) is 4.79 Å². The van der Waals surface area contributed by atoms with Crippen molar-refractivity contribution in [2.24, 2.45) is 23.7 Å². The van der Waals surface area contributed by atoms with Crippen molar-refractivity contribution in [3.05, 3.63) is 60.2 Å². The average Bonchev–Trinajstić information content (AvgIpc) is 3.75. The van der Waals surface area contributed by atoms with Gasteiger partial charge in [0.05, 0.1) is 17.9 Å². The SMILES string of the molecule is C.C/C=C/[C@@H](CC1CC1)C(=O)N1C(=O)OC[C@@H]1Cc1ccccc1.C/C=C/[C@@H](CC1CC1)C(=O)O. The summed E-state index contributed by atoms with van der Waals surface area (Å²) in [5.74, 6) is 0.0657. The van der Waals surface area contributed by atoms with Gasteiger partial charge in [-0.2, -0.15) is 0 Å². The number of carboxylic acid groups (broad SMARTS) is 1. The zero-order valence-corrected chi connectivity index (χ0v) is 20.3. The summed E-state index contributed by atoms with van der Waals surface area (Å²) in [4.78, 5) is 36.9. The minimum absolute atomic E-state index is 0. The molecule has 3 atom stereocenters. The first-order chi connectivity index (χ1) is 16.4. The van der Waals surface area contributed by atoms with Gasteiger partial charge in [-0.1, -0.05) is 87.7 Å². The van der Waals surface area contributed by atoms with Crippen LogP contribution >= 0.6 is 0 Å². The maximum atomic E-state index is 12.9. The van der Waals surface area contributed by atoms with Crippen LogP contribution in [0.15, 0.2) is 54.6 Å². The second-order valence-corrected chi connectivity index (χ2v) is 9.59. The zero-order chi connectivity index (χ0) is 24.5. The third kappa shape index (κ3) is 9.00. The van der Waals surface area contributed by atoms with E-state index in [-0.39, 0.29) is 37.8 Å². The molecule has 0 bridgehead atoms. The number of rotatable bonds is 10. The van der Waals surface area contributed by atoms with E-state index in [4.69, 9.17) is 9.84 Å². The van der Waals surface area contributed by atoms with Crippen molar-refractivity contribution < 1.29 is 24.2 Å². The number of aliphatic carboxylic acids is 1. The van der Waals surface area contributed by atoms with E-state index in [1.54, 1.807) is 6.08 Å². The number of benzene rings is 1. The Balaban J connectivity index is 0.000000305. The molecule has 2 saturated carbocycles. The molecule has 1 aromatic rings. The summed E-state index contributed by atoms with van der Waals surface area (Å²) >= 11 is 0. The van der Waals surface area contributed by atoms with Crippen LogP contribution < -0.4 is 0 Å². The highest BCUT2D eigenvalue weighted by molar-refractivity contribution is 5.95. The van der Waals surface area contributed by atoms with Gasteiger partial charge in [0.2, 0.25) is 5.91 Å². The molecule has 3 aliphatic rings. The third-order valence-corrected chi connectivity index (χ3v) is 6.56. The van der Waals surface area contributed by atoms with Gasteiger partial charge in [-0.3, -0.25) is 9.59 Å². The number of carbonyl (C=O) groups excluding carboxylic acids is 2. The fraction of sp³-hybridized carbons (Fsp3) is 0.552. The number of carboxylic acids is 1. The predicted octanol–water partition coefficient (Wildman–Crippen LogP) is 6.27. The van der Waals surface area contributed by atoms with E-state index in [0.717, 1.165) is 18.4 Å². The van der Waals surface area contributed by atoms with Crippen LogP contribution in [0.25, 0.3) is 0 Å².